The number of halogens is 1. The van der Waals surface area contributed by atoms with E-state index in [9.17, 15) is 9.90 Å². The molecule has 0 radical (unpaired) electrons. The predicted octanol–water partition coefficient (Wildman–Crippen LogP) is 0.462. The molecule has 1 aliphatic rings. The third-order valence-corrected chi connectivity index (χ3v) is 3.45. The highest BCUT2D eigenvalue weighted by atomic mass is 127. The fourth-order valence-electron chi connectivity index (χ4n) is 1.62. The first kappa shape index (κ1) is 11.1. The van der Waals surface area contributed by atoms with Crippen molar-refractivity contribution in [1.29, 1.82) is 0 Å². The lowest BCUT2D eigenvalue weighted by atomic mass is 9.87. The Balaban J connectivity index is 2.24. The van der Waals surface area contributed by atoms with Gasteiger partial charge in [-0.3, -0.25) is 4.79 Å². The van der Waals surface area contributed by atoms with E-state index in [1.165, 1.54) is 0 Å². The molecule has 5 heteroatoms. The molecule has 0 bridgehead atoms. The fraction of sp³-hybridized carbons (Fsp3) is 0.500. The van der Waals surface area contributed by atoms with Crippen molar-refractivity contribution >= 4 is 22.6 Å². The van der Waals surface area contributed by atoms with Gasteiger partial charge in [-0.2, -0.15) is 0 Å². The van der Waals surface area contributed by atoms with Gasteiger partial charge in [-0.25, -0.2) is 0 Å². The third-order valence-electron chi connectivity index (χ3n) is 2.63. The number of ether oxygens (including phenoxy) is 1. The summed E-state index contributed by atoms with van der Waals surface area (Å²) in [6.45, 7) is 1.65. The van der Waals surface area contributed by atoms with Crippen LogP contribution in [-0.4, -0.2) is 29.5 Å². The van der Waals surface area contributed by atoms with Crippen molar-refractivity contribution in [3.63, 3.8) is 0 Å². The highest BCUT2D eigenvalue weighted by Crippen LogP contribution is 2.28. The summed E-state index contributed by atoms with van der Waals surface area (Å²) in [5, 5.41) is 9.26. The molecule has 0 unspecified atom stereocenters. The van der Waals surface area contributed by atoms with Crippen molar-refractivity contribution in [2.75, 3.05) is 19.8 Å². The first-order valence-corrected chi connectivity index (χ1v) is 5.78. The van der Waals surface area contributed by atoms with Crippen molar-refractivity contribution in [3.05, 3.63) is 32.3 Å². The summed E-state index contributed by atoms with van der Waals surface area (Å²) >= 11 is 2.02. The normalized spacial score (nSPS) is 18.5. The zero-order valence-corrected chi connectivity index (χ0v) is 10.3. The van der Waals surface area contributed by atoms with Crippen molar-refractivity contribution in [3.8, 4) is 0 Å². The zero-order valence-electron chi connectivity index (χ0n) is 8.15. The van der Waals surface area contributed by atoms with Crippen LogP contribution in [0.5, 0.6) is 0 Å². The van der Waals surface area contributed by atoms with Crippen LogP contribution in [0, 0.1) is 8.99 Å². The Labute approximate surface area is 101 Å². The molecule has 1 saturated heterocycles. The van der Waals surface area contributed by atoms with E-state index in [-0.39, 0.29) is 17.6 Å². The number of aliphatic hydroxyl groups is 1. The van der Waals surface area contributed by atoms with Gasteiger partial charge in [-0.05, 0) is 34.7 Å². The molecule has 0 amide bonds. The predicted molar refractivity (Wildman–Crippen MR) is 63.8 cm³/mol. The SMILES string of the molecule is O=c1c(I)cccn1CC1(CO)COC1. The minimum absolute atomic E-state index is 0.00201. The molecular formula is C10H12INO3. The van der Waals surface area contributed by atoms with Gasteiger partial charge in [0.05, 0.1) is 28.8 Å². The lowest BCUT2D eigenvalue weighted by Gasteiger charge is -2.40. The van der Waals surface area contributed by atoms with E-state index in [1.54, 1.807) is 16.8 Å². The Morgan fingerprint density at radius 1 is 1.60 bits per heavy atom. The van der Waals surface area contributed by atoms with Crippen molar-refractivity contribution < 1.29 is 9.84 Å². The lowest BCUT2D eigenvalue weighted by Crippen LogP contribution is -2.50. The van der Waals surface area contributed by atoms with Crippen LogP contribution in [0.3, 0.4) is 0 Å². The third kappa shape index (κ3) is 2.09. The van der Waals surface area contributed by atoms with E-state index in [0.717, 1.165) is 0 Å². The molecule has 2 heterocycles. The van der Waals surface area contributed by atoms with Gasteiger partial charge in [0.25, 0.3) is 5.56 Å². The van der Waals surface area contributed by atoms with E-state index >= 15 is 0 Å². The van der Waals surface area contributed by atoms with Crippen molar-refractivity contribution in [1.82, 2.24) is 4.57 Å². The number of aliphatic hydroxyl groups excluding tert-OH is 1. The van der Waals surface area contributed by atoms with Gasteiger partial charge in [0, 0.05) is 12.7 Å². The van der Waals surface area contributed by atoms with Crippen LogP contribution in [0.4, 0.5) is 0 Å². The van der Waals surface area contributed by atoms with Crippen LogP contribution in [0.25, 0.3) is 0 Å². The summed E-state index contributed by atoms with van der Waals surface area (Å²) in [6, 6.07) is 3.62. The second-order valence-corrected chi connectivity index (χ2v) is 5.10. The minimum Gasteiger partial charge on any atom is -0.396 e. The second kappa shape index (κ2) is 4.23. The van der Waals surface area contributed by atoms with Crippen LogP contribution in [0.15, 0.2) is 23.1 Å². The molecule has 0 saturated carbocycles. The van der Waals surface area contributed by atoms with Gasteiger partial charge in [0.15, 0.2) is 0 Å². The first-order chi connectivity index (χ1) is 7.17. The Morgan fingerprint density at radius 2 is 2.33 bits per heavy atom. The Bertz CT molecular complexity index is 406. The zero-order chi connectivity index (χ0) is 10.9. The molecule has 0 atom stereocenters. The number of hydrogen-bond acceptors (Lipinski definition) is 3. The maximum atomic E-state index is 11.7. The molecule has 1 aromatic heterocycles. The topological polar surface area (TPSA) is 51.5 Å². The average molecular weight is 321 g/mol. The molecule has 1 N–H and O–H groups in total. The maximum Gasteiger partial charge on any atom is 0.263 e. The molecule has 1 aliphatic heterocycles. The Morgan fingerprint density at radius 3 is 2.87 bits per heavy atom. The largest absolute Gasteiger partial charge is 0.396 e. The summed E-state index contributed by atoms with van der Waals surface area (Å²) in [5.41, 5.74) is -0.258. The fourth-order valence-corrected chi connectivity index (χ4v) is 2.13. The smallest absolute Gasteiger partial charge is 0.263 e. The van der Waals surface area contributed by atoms with Gasteiger partial charge < -0.3 is 14.4 Å². The van der Waals surface area contributed by atoms with E-state index < -0.39 is 0 Å². The molecule has 1 aromatic rings. The Kier molecular flexibility index (Phi) is 3.13. The quantitative estimate of drug-likeness (QED) is 0.823. The van der Waals surface area contributed by atoms with Crippen LogP contribution >= 0.6 is 22.6 Å². The Hall–Kier alpha value is -0.400. The lowest BCUT2D eigenvalue weighted by molar-refractivity contribution is -0.145. The molecule has 1 fully saturated rings. The highest BCUT2D eigenvalue weighted by molar-refractivity contribution is 14.1. The molecule has 82 valence electrons. The summed E-state index contributed by atoms with van der Waals surface area (Å²) in [7, 11) is 0. The summed E-state index contributed by atoms with van der Waals surface area (Å²) in [6.07, 6.45) is 1.75. The van der Waals surface area contributed by atoms with Gasteiger partial charge in [0.2, 0.25) is 0 Å². The minimum atomic E-state index is -0.256. The van der Waals surface area contributed by atoms with Gasteiger partial charge in [-0.15, -0.1) is 0 Å². The standard InChI is InChI=1S/C10H12INO3/c11-8-2-1-3-12(9(8)14)4-10(5-13)6-15-7-10/h1-3,13H,4-7H2. The van der Waals surface area contributed by atoms with Crippen LogP contribution in [-0.2, 0) is 11.3 Å². The highest BCUT2D eigenvalue weighted by Gasteiger charge is 2.38. The molecule has 0 spiro atoms. The van der Waals surface area contributed by atoms with E-state index in [4.69, 9.17) is 4.74 Å². The molecule has 4 nitrogen and oxygen atoms in total. The van der Waals surface area contributed by atoms with Gasteiger partial charge >= 0.3 is 0 Å². The molecule has 0 aliphatic carbocycles. The van der Waals surface area contributed by atoms with Crippen LogP contribution in [0.1, 0.15) is 0 Å². The van der Waals surface area contributed by atoms with E-state index in [1.807, 2.05) is 28.7 Å². The first-order valence-electron chi connectivity index (χ1n) is 4.70. The van der Waals surface area contributed by atoms with Gasteiger partial charge in [0.1, 0.15) is 0 Å². The second-order valence-electron chi connectivity index (χ2n) is 3.94. The maximum absolute atomic E-state index is 11.7. The number of pyridine rings is 1. The monoisotopic (exact) mass is 321 g/mol. The number of rotatable bonds is 3. The summed E-state index contributed by atoms with van der Waals surface area (Å²) < 4.78 is 7.43. The van der Waals surface area contributed by atoms with Crippen LogP contribution in [0.2, 0.25) is 0 Å². The molecule has 0 aromatic carbocycles. The summed E-state index contributed by atoms with van der Waals surface area (Å²) in [5.74, 6) is 0. The van der Waals surface area contributed by atoms with Crippen LogP contribution < -0.4 is 5.56 Å². The van der Waals surface area contributed by atoms with E-state index in [2.05, 4.69) is 0 Å². The number of hydrogen-bond donors (Lipinski definition) is 1. The molecule has 15 heavy (non-hydrogen) atoms. The van der Waals surface area contributed by atoms with Crippen molar-refractivity contribution in [2.45, 2.75) is 6.54 Å². The number of aromatic nitrogens is 1. The van der Waals surface area contributed by atoms with Crippen molar-refractivity contribution in [2.24, 2.45) is 5.41 Å². The number of nitrogens with zero attached hydrogens (tertiary/aromatic N) is 1. The average Bonchev–Trinajstić information content (AvgIpc) is 2.18. The van der Waals surface area contributed by atoms with Gasteiger partial charge in [-0.1, -0.05) is 0 Å². The summed E-state index contributed by atoms with van der Waals surface area (Å²) in [4.78, 5) is 11.7. The van der Waals surface area contributed by atoms with E-state index in [0.29, 0.717) is 23.3 Å². The molecular weight excluding hydrogens is 309 g/mol. The molecule has 2 rings (SSSR count).